The molecule has 7 heteroatoms. The largest absolute Gasteiger partial charge is 0.336 e. The minimum Gasteiger partial charge on any atom is -0.336 e. The zero-order chi connectivity index (χ0) is 15.3. The smallest absolute Gasteiger partial charge is 0.320 e. The highest BCUT2D eigenvalue weighted by Gasteiger charge is 2.29. The first-order chi connectivity index (χ1) is 9.97. The van der Waals surface area contributed by atoms with Crippen molar-refractivity contribution in [2.75, 3.05) is 38.3 Å². The van der Waals surface area contributed by atoms with Gasteiger partial charge in [0.2, 0.25) is 0 Å². The number of urea groups is 1. The third kappa shape index (κ3) is 5.24. The molecule has 118 valence electrons. The summed E-state index contributed by atoms with van der Waals surface area (Å²) in [6.07, 6.45) is 4.28. The Morgan fingerprint density at radius 1 is 1.57 bits per heavy atom. The molecule has 1 saturated heterocycles. The molecule has 6 nitrogen and oxygen atoms in total. The van der Waals surface area contributed by atoms with Gasteiger partial charge in [-0.2, -0.15) is 16.9 Å². The lowest BCUT2D eigenvalue weighted by molar-refractivity contribution is 0.251. The molecule has 2 amide bonds. The van der Waals surface area contributed by atoms with Gasteiger partial charge in [-0.05, 0) is 39.6 Å². The van der Waals surface area contributed by atoms with Crippen LogP contribution in [0, 0.1) is 0 Å². The second-order valence-corrected chi connectivity index (χ2v) is 7.66. The van der Waals surface area contributed by atoms with Gasteiger partial charge in [-0.3, -0.25) is 10.00 Å². The minimum absolute atomic E-state index is 0.179. The van der Waals surface area contributed by atoms with Crippen LogP contribution in [0.25, 0.3) is 0 Å². The fraction of sp³-hybridized carbons (Fsp3) is 0.714. The van der Waals surface area contributed by atoms with Gasteiger partial charge in [0, 0.05) is 30.1 Å². The average Bonchev–Trinajstić information content (AvgIpc) is 3.04. The number of thioether (sulfide) groups is 1. The van der Waals surface area contributed by atoms with Gasteiger partial charge in [0.15, 0.2) is 5.82 Å². The molecule has 2 N–H and O–H groups in total. The molecule has 0 aromatic carbocycles. The summed E-state index contributed by atoms with van der Waals surface area (Å²) in [7, 11) is 4.05. The maximum absolute atomic E-state index is 11.9. The van der Waals surface area contributed by atoms with E-state index >= 15 is 0 Å². The highest BCUT2D eigenvalue weighted by molar-refractivity contribution is 8.00. The van der Waals surface area contributed by atoms with Crippen LogP contribution in [-0.4, -0.2) is 58.4 Å². The highest BCUT2D eigenvalue weighted by Crippen LogP contribution is 2.36. The quantitative estimate of drug-likeness (QED) is 0.842. The van der Waals surface area contributed by atoms with E-state index in [2.05, 4.69) is 27.6 Å². The molecule has 0 aliphatic carbocycles. The van der Waals surface area contributed by atoms with Gasteiger partial charge in [-0.25, -0.2) is 4.79 Å². The number of hydrogen-bond acceptors (Lipinski definition) is 4. The number of hydrogen-bond donors (Lipinski definition) is 2. The van der Waals surface area contributed by atoms with E-state index in [1.54, 1.807) is 0 Å². The van der Waals surface area contributed by atoms with Crippen LogP contribution >= 0.6 is 11.8 Å². The average molecular weight is 311 g/mol. The fourth-order valence-electron chi connectivity index (χ4n) is 2.26. The van der Waals surface area contributed by atoms with Crippen molar-refractivity contribution in [3.05, 3.63) is 12.3 Å². The summed E-state index contributed by atoms with van der Waals surface area (Å²) < 4.78 is 2.02. The lowest BCUT2D eigenvalue weighted by Gasteiger charge is -2.22. The highest BCUT2D eigenvalue weighted by atomic mass is 32.2. The summed E-state index contributed by atoms with van der Waals surface area (Å²) in [5.74, 6) is 1.78. The molecule has 2 heterocycles. The molecule has 21 heavy (non-hydrogen) atoms. The molecule has 2 rings (SSSR count). The summed E-state index contributed by atoms with van der Waals surface area (Å²) in [6, 6.07) is 1.64. The van der Waals surface area contributed by atoms with Crippen molar-refractivity contribution < 1.29 is 4.79 Å². The van der Waals surface area contributed by atoms with Crippen LogP contribution < -0.4 is 10.6 Å². The minimum atomic E-state index is -0.179. The lowest BCUT2D eigenvalue weighted by Crippen LogP contribution is -2.39. The third-order valence-electron chi connectivity index (χ3n) is 3.58. The van der Waals surface area contributed by atoms with E-state index in [1.807, 2.05) is 42.8 Å². The van der Waals surface area contributed by atoms with Gasteiger partial charge in [0.05, 0.1) is 6.54 Å². The van der Waals surface area contributed by atoms with Gasteiger partial charge in [0.25, 0.3) is 0 Å². The van der Waals surface area contributed by atoms with Crippen molar-refractivity contribution >= 4 is 23.6 Å². The Kier molecular flexibility index (Phi) is 5.52. The number of anilines is 1. The van der Waals surface area contributed by atoms with E-state index in [0.29, 0.717) is 12.4 Å². The Morgan fingerprint density at radius 3 is 3.05 bits per heavy atom. The first-order valence-corrected chi connectivity index (χ1v) is 8.32. The van der Waals surface area contributed by atoms with E-state index in [1.165, 1.54) is 12.2 Å². The first kappa shape index (κ1) is 16.2. The van der Waals surface area contributed by atoms with Crippen LogP contribution in [0.1, 0.15) is 19.8 Å². The Bertz CT molecular complexity index is 468. The van der Waals surface area contributed by atoms with Crippen molar-refractivity contribution in [3.8, 4) is 0 Å². The first-order valence-electron chi connectivity index (χ1n) is 7.34. The van der Waals surface area contributed by atoms with Crippen LogP contribution in [0.15, 0.2) is 12.3 Å². The van der Waals surface area contributed by atoms with Crippen LogP contribution in [0.2, 0.25) is 0 Å². The molecular weight excluding hydrogens is 286 g/mol. The van der Waals surface area contributed by atoms with Crippen LogP contribution in [0.4, 0.5) is 10.6 Å². The molecule has 1 fully saturated rings. The monoisotopic (exact) mass is 311 g/mol. The van der Waals surface area contributed by atoms with E-state index in [9.17, 15) is 4.79 Å². The van der Waals surface area contributed by atoms with E-state index < -0.39 is 0 Å². The summed E-state index contributed by atoms with van der Waals surface area (Å²) in [4.78, 5) is 14.0. The normalized spacial score (nSPS) is 21.7. The molecule has 1 atom stereocenters. The summed E-state index contributed by atoms with van der Waals surface area (Å²) in [5, 5.41) is 10.1. The van der Waals surface area contributed by atoms with Gasteiger partial charge < -0.3 is 10.2 Å². The number of nitrogens with zero attached hydrogens (tertiary/aromatic N) is 3. The number of carbonyl (C=O) groups excluding carboxylic acids is 1. The van der Waals surface area contributed by atoms with Crippen LogP contribution in [-0.2, 0) is 6.54 Å². The predicted molar refractivity (Wildman–Crippen MR) is 87.9 cm³/mol. The van der Waals surface area contributed by atoms with Crippen LogP contribution in [0.3, 0.4) is 0 Å². The van der Waals surface area contributed by atoms with Gasteiger partial charge in [-0.15, -0.1) is 0 Å². The molecule has 1 aliphatic rings. The van der Waals surface area contributed by atoms with Crippen molar-refractivity contribution in [2.24, 2.45) is 0 Å². The van der Waals surface area contributed by atoms with Gasteiger partial charge >= 0.3 is 6.03 Å². The van der Waals surface area contributed by atoms with Crippen molar-refractivity contribution in [1.82, 2.24) is 20.0 Å². The Morgan fingerprint density at radius 2 is 2.38 bits per heavy atom. The molecule has 0 bridgehead atoms. The summed E-state index contributed by atoms with van der Waals surface area (Å²) in [5.41, 5.74) is 0. The molecule has 0 unspecified atom stereocenters. The molecule has 0 saturated carbocycles. The van der Waals surface area contributed by atoms with Crippen molar-refractivity contribution in [2.45, 2.75) is 31.1 Å². The number of rotatable bonds is 6. The maximum atomic E-state index is 11.9. The third-order valence-corrected chi connectivity index (χ3v) is 5.12. The van der Waals surface area contributed by atoms with Crippen molar-refractivity contribution in [3.63, 3.8) is 0 Å². The van der Waals surface area contributed by atoms with Crippen LogP contribution in [0.5, 0.6) is 0 Å². The Labute approximate surface area is 130 Å². The second-order valence-electron chi connectivity index (χ2n) is 5.98. The Hall–Kier alpha value is -1.21. The zero-order valence-corrected chi connectivity index (χ0v) is 13.9. The fourth-order valence-corrected chi connectivity index (χ4v) is 3.50. The number of nitrogens with one attached hydrogen (secondary N) is 2. The molecular formula is C14H25N5OS. The SMILES string of the molecule is CN(C)CCn1ccc(NC(=O)NC[C@]2(C)CCCS2)n1. The van der Waals surface area contributed by atoms with E-state index in [-0.39, 0.29) is 10.8 Å². The van der Waals surface area contributed by atoms with E-state index in [0.717, 1.165) is 19.5 Å². The zero-order valence-electron chi connectivity index (χ0n) is 13.1. The number of aromatic nitrogens is 2. The van der Waals surface area contributed by atoms with E-state index in [4.69, 9.17) is 0 Å². The summed E-state index contributed by atoms with van der Waals surface area (Å²) >= 11 is 1.94. The molecule has 0 radical (unpaired) electrons. The maximum Gasteiger partial charge on any atom is 0.320 e. The second kappa shape index (κ2) is 7.17. The predicted octanol–water partition coefficient (Wildman–Crippen LogP) is 1.85. The van der Waals surface area contributed by atoms with Gasteiger partial charge in [0.1, 0.15) is 0 Å². The lowest BCUT2D eigenvalue weighted by atomic mass is 10.1. The van der Waals surface area contributed by atoms with Gasteiger partial charge in [-0.1, -0.05) is 0 Å². The number of amides is 2. The molecule has 1 aliphatic heterocycles. The van der Waals surface area contributed by atoms with Crippen molar-refractivity contribution in [1.29, 1.82) is 0 Å². The number of carbonyl (C=O) groups is 1. The standard InChI is InChI=1S/C14H25N5OS/c1-14(6-4-10-21-14)11-15-13(20)16-12-5-7-19(17-12)9-8-18(2)3/h5,7H,4,6,8-11H2,1-3H3,(H2,15,16,17,20)/t14-/m0/s1. The summed E-state index contributed by atoms with van der Waals surface area (Å²) in [6.45, 7) is 4.64. The topological polar surface area (TPSA) is 62.2 Å². The molecule has 1 aromatic rings. The Balaban J connectivity index is 1.74. The molecule has 0 spiro atoms. The molecule has 1 aromatic heterocycles. The number of likely N-dealkylation sites (N-methyl/N-ethyl adjacent to an activating group) is 1.